The normalized spacial score (nSPS) is 13.9. The Hall–Kier alpha value is -8.01. The third-order valence-corrected chi connectivity index (χ3v) is 17.3. The number of nitrogen functional groups attached to an aromatic ring is 1. The molecule has 0 atom stereocenters. The van der Waals surface area contributed by atoms with Crippen LogP contribution in [0.15, 0.2) is 202 Å². The molecule has 21 heteroatoms. The number of ether oxygens (including phenoxy) is 4. The molecule has 18 nitrogen and oxygen atoms in total. The van der Waals surface area contributed by atoms with Gasteiger partial charge in [0.15, 0.2) is 14.9 Å². The smallest absolute Gasteiger partial charge is 0.490 e. The molecular formula is C60H57N6NaO12S2. The summed E-state index contributed by atoms with van der Waals surface area (Å²) < 4.78 is 77.4. The number of likely N-dealkylation sites (tertiary alicyclic amines) is 2. The van der Waals surface area contributed by atoms with Gasteiger partial charge in [0.25, 0.3) is 0 Å². The summed E-state index contributed by atoms with van der Waals surface area (Å²) in [6.45, 7) is 2.57. The maximum atomic E-state index is 13.7. The van der Waals surface area contributed by atoms with E-state index in [0.29, 0.717) is 96.3 Å². The van der Waals surface area contributed by atoms with Crippen LogP contribution in [0.1, 0.15) is 42.4 Å². The molecule has 0 bridgehead atoms. The van der Waals surface area contributed by atoms with Gasteiger partial charge in [-0.25, -0.2) is 26.4 Å². The number of piperidine rings is 2. The van der Waals surface area contributed by atoms with Crippen molar-refractivity contribution in [1.82, 2.24) is 20.0 Å². The van der Waals surface area contributed by atoms with E-state index in [1.807, 2.05) is 115 Å². The van der Waals surface area contributed by atoms with Crippen LogP contribution in [0.2, 0.25) is 0 Å². The van der Waals surface area contributed by atoms with Gasteiger partial charge < -0.3 is 44.6 Å². The molecule has 0 unspecified atom stereocenters. The summed E-state index contributed by atoms with van der Waals surface area (Å²) in [5.74, 6) is 0.895. The molecule has 8 aromatic carbocycles. The van der Waals surface area contributed by atoms with Crippen LogP contribution in [0, 0.1) is 10.1 Å². The van der Waals surface area contributed by atoms with Crippen LogP contribution < -0.4 is 44.8 Å². The molecule has 2 aliphatic heterocycles. The SMILES string of the molecule is Nc1ccc(OC2CCN(C(=O)OCc3ccccc3)CC2)cc1CS(=O)(=O)c1cccc2ccccc12.O=C(OCc1ccccc1)N1CCC(Oc2ccc3n[nH]c(S(=O)(=O)c4cccc5ccccc45)c3c2)CC1.O=N[O-].[Na+]. The molecule has 2 fully saturated rings. The molecule has 2 amide bonds. The Morgan fingerprint density at radius 3 is 1.56 bits per heavy atom. The number of H-pyrrole nitrogens is 1. The monoisotopic (exact) mass is 1140 g/mol. The number of aromatic amines is 1. The molecule has 412 valence electrons. The molecule has 1 aromatic heterocycles. The van der Waals surface area contributed by atoms with E-state index in [1.165, 1.54) is 0 Å². The first kappa shape index (κ1) is 59.1. The molecule has 11 rings (SSSR count). The number of nitrogens with two attached hydrogens (primary N) is 1. The van der Waals surface area contributed by atoms with Gasteiger partial charge in [-0.3, -0.25) is 5.10 Å². The van der Waals surface area contributed by atoms with Crippen molar-refractivity contribution in [2.45, 2.75) is 71.7 Å². The summed E-state index contributed by atoms with van der Waals surface area (Å²) in [7, 11) is -7.52. The van der Waals surface area contributed by atoms with Crippen molar-refractivity contribution < 1.29 is 74.9 Å². The number of sulfone groups is 2. The summed E-state index contributed by atoms with van der Waals surface area (Å²) in [4.78, 5) is 36.8. The number of hydrogen-bond donors (Lipinski definition) is 2. The summed E-state index contributed by atoms with van der Waals surface area (Å²) in [6.07, 6.45) is 1.71. The van der Waals surface area contributed by atoms with Crippen molar-refractivity contribution >= 4 is 70.0 Å². The van der Waals surface area contributed by atoms with Gasteiger partial charge in [0.1, 0.15) is 36.9 Å². The Morgan fingerprint density at radius 2 is 1.02 bits per heavy atom. The predicted molar refractivity (Wildman–Crippen MR) is 304 cm³/mol. The zero-order valence-corrected chi connectivity index (χ0v) is 48.0. The zero-order chi connectivity index (χ0) is 56.1. The number of benzene rings is 8. The minimum atomic E-state index is -3.87. The number of amides is 2. The van der Waals surface area contributed by atoms with Crippen molar-refractivity contribution in [3.63, 3.8) is 0 Å². The van der Waals surface area contributed by atoms with Crippen molar-refractivity contribution in [1.29, 1.82) is 0 Å². The Bertz CT molecular complexity index is 3830. The average Bonchev–Trinajstić information content (AvgIpc) is 3.94. The maximum absolute atomic E-state index is 13.7. The minimum absolute atomic E-state index is 0. The van der Waals surface area contributed by atoms with Gasteiger partial charge in [-0.1, -0.05) is 133 Å². The Balaban J connectivity index is 0.000000200. The van der Waals surface area contributed by atoms with Gasteiger partial charge in [-0.05, 0) is 76.0 Å². The Kier molecular flexibility index (Phi) is 20.0. The Morgan fingerprint density at radius 1 is 0.580 bits per heavy atom. The third-order valence-electron chi connectivity index (χ3n) is 13.8. The fourth-order valence-electron chi connectivity index (χ4n) is 9.63. The number of hydrogen-bond acceptors (Lipinski definition) is 15. The van der Waals surface area contributed by atoms with E-state index in [-0.39, 0.29) is 87.7 Å². The molecular weight excluding hydrogens is 1080 g/mol. The third kappa shape index (κ3) is 14.9. The summed E-state index contributed by atoms with van der Waals surface area (Å²) >= 11 is 0. The molecule has 2 aliphatic rings. The van der Waals surface area contributed by atoms with Gasteiger partial charge in [0, 0.05) is 73.7 Å². The number of fused-ring (bicyclic) bond motifs is 3. The minimum Gasteiger partial charge on any atom is -0.490 e. The average molecular weight is 1140 g/mol. The van der Waals surface area contributed by atoms with E-state index in [9.17, 15) is 26.4 Å². The molecule has 2 saturated heterocycles. The van der Waals surface area contributed by atoms with Crippen LogP contribution in [0.25, 0.3) is 32.4 Å². The van der Waals surface area contributed by atoms with Crippen molar-refractivity contribution in [2.75, 3.05) is 31.9 Å². The van der Waals surface area contributed by atoms with E-state index in [0.717, 1.165) is 27.2 Å². The molecule has 9 aromatic rings. The first-order chi connectivity index (χ1) is 38.8. The van der Waals surface area contributed by atoms with E-state index >= 15 is 0 Å². The second kappa shape index (κ2) is 27.4. The number of carbonyl (C=O) groups is 2. The largest absolute Gasteiger partial charge is 1.00 e. The maximum Gasteiger partial charge on any atom is 1.00 e. The standard InChI is InChI=1S/C30H27N3O5S.C30H30N2O5S.HNO2.Na/c34-30(37-20-21-7-2-1-3-8-21)33-17-15-23(16-18-33)38-24-13-14-27-26(19-24)29(32-31-27)39(35,36)28-12-6-10-22-9-4-5-11-25(22)28;31-28-14-13-26(19-24(28)21-38(34,35)29-12-6-10-23-9-4-5-11-27(23)29)37-25-15-17-32(18-16-25)30(33)36-20-22-7-2-1-3-8-22;2-1-3;/h1-14,19,23H,15-18,20H2,(H,31,32);1-14,19,25H,15-18,20-21,31H2;(H,2,3);/q;;;+1/p-1. The van der Waals surface area contributed by atoms with E-state index in [2.05, 4.69) is 10.2 Å². The van der Waals surface area contributed by atoms with Crippen LogP contribution in [-0.4, -0.2) is 87.4 Å². The van der Waals surface area contributed by atoms with Gasteiger partial charge in [0.2, 0.25) is 9.84 Å². The fourth-order valence-corrected chi connectivity index (χ4v) is 12.8. The Labute approximate surface area is 490 Å². The van der Waals surface area contributed by atoms with Crippen LogP contribution in [0.4, 0.5) is 15.3 Å². The van der Waals surface area contributed by atoms with Gasteiger partial charge >= 0.3 is 41.7 Å². The number of carbonyl (C=O) groups excluding carboxylic acids is 2. The fraction of sp³-hybridized carbons (Fsp3) is 0.217. The number of rotatable bonds is 13. The quantitative estimate of drug-likeness (QED) is 0.0475. The van der Waals surface area contributed by atoms with Crippen LogP contribution in [0.3, 0.4) is 0 Å². The van der Waals surface area contributed by atoms with Gasteiger partial charge in [0.05, 0.1) is 21.1 Å². The first-order valence-electron chi connectivity index (χ1n) is 25.8. The van der Waals surface area contributed by atoms with Crippen molar-refractivity contribution in [2.24, 2.45) is 5.34 Å². The second-order valence-corrected chi connectivity index (χ2v) is 22.9. The zero-order valence-electron chi connectivity index (χ0n) is 44.3. The summed E-state index contributed by atoms with van der Waals surface area (Å²) in [6, 6.07) is 54.9. The molecule has 3 N–H and O–H groups in total. The summed E-state index contributed by atoms with van der Waals surface area (Å²) in [5, 5.41) is 19.5. The van der Waals surface area contributed by atoms with E-state index in [1.54, 1.807) is 76.5 Å². The number of aromatic nitrogens is 2. The molecule has 3 heterocycles. The number of anilines is 1. The van der Waals surface area contributed by atoms with Gasteiger partial charge in [-0.2, -0.15) is 5.10 Å². The molecule has 0 spiro atoms. The van der Waals surface area contributed by atoms with Crippen LogP contribution in [0.5, 0.6) is 11.5 Å². The molecule has 0 radical (unpaired) electrons. The van der Waals surface area contributed by atoms with E-state index in [4.69, 9.17) is 34.8 Å². The molecule has 0 aliphatic carbocycles. The van der Waals surface area contributed by atoms with Crippen LogP contribution in [-0.2, 0) is 48.1 Å². The van der Waals surface area contributed by atoms with Gasteiger partial charge in [-0.15, -0.1) is 5.34 Å². The number of nitrogens with zero attached hydrogens (tertiary/aromatic N) is 4. The van der Waals surface area contributed by atoms with Crippen molar-refractivity contribution in [3.05, 3.63) is 209 Å². The number of nitrogens with one attached hydrogen (secondary N) is 1. The first-order valence-corrected chi connectivity index (χ1v) is 28.9. The molecule has 81 heavy (non-hydrogen) atoms. The molecule has 0 saturated carbocycles. The predicted octanol–water partition coefficient (Wildman–Crippen LogP) is 8.56. The topological polar surface area (TPSA) is 253 Å². The second-order valence-electron chi connectivity index (χ2n) is 19.1. The summed E-state index contributed by atoms with van der Waals surface area (Å²) in [5.41, 5.74) is 9.49. The van der Waals surface area contributed by atoms with Crippen LogP contribution >= 0.6 is 0 Å². The van der Waals surface area contributed by atoms with Crippen molar-refractivity contribution in [3.8, 4) is 11.5 Å². The van der Waals surface area contributed by atoms with E-state index < -0.39 is 19.7 Å².